The molecule has 1 atom stereocenters. The number of carbonyl (C=O) groups excluding carboxylic acids is 1. The third kappa shape index (κ3) is 4.65. The molecule has 1 aliphatic rings. The molecule has 1 aromatic carbocycles. The van der Waals surface area contributed by atoms with E-state index in [1.54, 1.807) is 25.7 Å². The zero-order valence-electron chi connectivity index (χ0n) is 14.7. The monoisotopic (exact) mass is 355 g/mol. The van der Waals surface area contributed by atoms with Gasteiger partial charge in [0.05, 0.1) is 26.5 Å². The number of pyridine rings is 1. The number of ether oxygens (including phenoxy) is 2. The molecule has 1 aromatic heterocycles. The quantitative estimate of drug-likeness (QED) is 0.573. The van der Waals surface area contributed by atoms with Gasteiger partial charge in [0.1, 0.15) is 18.8 Å². The summed E-state index contributed by atoms with van der Waals surface area (Å²) >= 11 is 0. The van der Waals surface area contributed by atoms with Crippen molar-refractivity contribution in [3.8, 4) is 5.75 Å². The average Bonchev–Trinajstić information content (AvgIpc) is 2.70. The van der Waals surface area contributed by atoms with E-state index in [1.165, 1.54) is 0 Å². The highest BCUT2D eigenvalue weighted by atomic mass is 16.5. The molecule has 26 heavy (non-hydrogen) atoms. The van der Waals surface area contributed by atoms with Gasteiger partial charge in [0.2, 0.25) is 0 Å². The standard InChI is InChI=1S/C19H22N4O3/c1-25-17-4-2-3-15(13-17)14-21-22-19(24)18(16-5-7-20-8-6-16)23-9-11-26-12-10-23/h2-8,13-14,18H,9-12H2,1H3,(H,22,24)/p+1/b21-14-/t18-/m0/s1. The van der Waals surface area contributed by atoms with Crippen LogP contribution in [0.2, 0.25) is 0 Å². The molecule has 0 unspecified atom stereocenters. The third-order valence-electron chi connectivity index (χ3n) is 4.33. The second-order valence-corrected chi connectivity index (χ2v) is 6.00. The number of nitrogens with zero attached hydrogens (tertiary/aromatic N) is 2. The van der Waals surface area contributed by atoms with Crippen molar-refractivity contribution >= 4 is 12.1 Å². The van der Waals surface area contributed by atoms with Crippen molar-refractivity contribution in [3.63, 3.8) is 0 Å². The molecule has 0 aliphatic carbocycles. The highest BCUT2D eigenvalue weighted by Crippen LogP contribution is 2.11. The number of hydrogen-bond acceptors (Lipinski definition) is 5. The van der Waals surface area contributed by atoms with Gasteiger partial charge in [0, 0.05) is 18.0 Å². The first-order valence-electron chi connectivity index (χ1n) is 8.57. The summed E-state index contributed by atoms with van der Waals surface area (Å²) in [5, 5.41) is 4.12. The molecule has 2 heterocycles. The Hall–Kier alpha value is -2.77. The van der Waals surface area contributed by atoms with Crippen molar-refractivity contribution in [1.29, 1.82) is 0 Å². The summed E-state index contributed by atoms with van der Waals surface area (Å²) in [6, 6.07) is 10.9. The number of benzene rings is 1. The van der Waals surface area contributed by atoms with Crippen LogP contribution < -0.4 is 15.1 Å². The average molecular weight is 355 g/mol. The maximum Gasteiger partial charge on any atom is 0.303 e. The van der Waals surface area contributed by atoms with Crippen molar-refractivity contribution in [1.82, 2.24) is 10.4 Å². The van der Waals surface area contributed by atoms with E-state index in [1.807, 2.05) is 36.4 Å². The van der Waals surface area contributed by atoms with E-state index >= 15 is 0 Å². The zero-order chi connectivity index (χ0) is 18.2. The van der Waals surface area contributed by atoms with Gasteiger partial charge in [-0.25, -0.2) is 5.43 Å². The van der Waals surface area contributed by atoms with Crippen molar-refractivity contribution < 1.29 is 19.2 Å². The van der Waals surface area contributed by atoms with Gasteiger partial charge in [-0.3, -0.25) is 9.78 Å². The number of nitrogens with one attached hydrogen (secondary N) is 2. The maximum atomic E-state index is 12.8. The largest absolute Gasteiger partial charge is 0.497 e. The molecule has 1 aliphatic heterocycles. The molecular formula is C19H23N4O3+. The Labute approximate surface area is 152 Å². The van der Waals surface area contributed by atoms with Gasteiger partial charge >= 0.3 is 5.91 Å². The molecule has 0 radical (unpaired) electrons. The SMILES string of the molecule is COc1cccc(/C=N\NC(=O)[C@H](c2ccncc2)[NH+]2CCOCC2)c1. The topological polar surface area (TPSA) is 77.2 Å². The second-order valence-electron chi connectivity index (χ2n) is 6.00. The van der Waals surface area contributed by atoms with Crippen molar-refractivity contribution in [3.05, 3.63) is 59.9 Å². The van der Waals surface area contributed by atoms with Gasteiger partial charge in [-0.2, -0.15) is 5.10 Å². The Kier molecular flexibility index (Phi) is 6.29. The van der Waals surface area contributed by atoms with E-state index in [4.69, 9.17) is 9.47 Å². The van der Waals surface area contributed by atoms with Crippen LogP contribution in [0.3, 0.4) is 0 Å². The molecule has 0 saturated carbocycles. The summed E-state index contributed by atoms with van der Waals surface area (Å²) in [6.07, 6.45) is 5.02. The fourth-order valence-corrected chi connectivity index (χ4v) is 3.01. The van der Waals surface area contributed by atoms with Gasteiger partial charge in [-0.05, 0) is 29.8 Å². The van der Waals surface area contributed by atoms with Gasteiger partial charge in [0.15, 0.2) is 6.04 Å². The molecule has 2 N–H and O–H groups in total. The Morgan fingerprint density at radius 1 is 1.31 bits per heavy atom. The molecular weight excluding hydrogens is 332 g/mol. The van der Waals surface area contributed by atoms with Crippen LogP contribution >= 0.6 is 0 Å². The van der Waals surface area contributed by atoms with Crippen molar-refractivity contribution in [2.45, 2.75) is 6.04 Å². The number of morpholine rings is 1. The van der Waals surface area contributed by atoms with Crippen LogP contribution in [0.5, 0.6) is 5.75 Å². The first kappa shape index (κ1) is 18.0. The van der Waals surface area contributed by atoms with Crippen LogP contribution in [-0.2, 0) is 9.53 Å². The summed E-state index contributed by atoms with van der Waals surface area (Å²) in [5.74, 6) is 0.597. The Morgan fingerprint density at radius 3 is 2.81 bits per heavy atom. The molecule has 7 heteroatoms. The minimum absolute atomic E-state index is 0.146. The lowest BCUT2D eigenvalue weighted by atomic mass is 10.1. The summed E-state index contributed by atoms with van der Waals surface area (Å²) in [7, 11) is 1.61. The van der Waals surface area contributed by atoms with E-state index in [9.17, 15) is 4.79 Å². The van der Waals surface area contributed by atoms with E-state index < -0.39 is 0 Å². The zero-order valence-corrected chi connectivity index (χ0v) is 14.7. The summed E-state index contributed by atoms with van der Waals surface area (Å²) in [5.41, 5.74) is 4.45. The smallest absolute Gasteiger partial charge is 0.303 e. The van der Waals surface area contributed by atoms with Gasteiger partial charge in [0.25, 0.3) is 0 Å². The predicted molar refractivity (Wildman–Crippen MR) is 97.2 cm³/mol. The fraction of sp³-hybridized carbons (Fsp3) is 0.316. The van der Waals surface area contributed by atoms with Crippen LogP contribution in [0.15, 0.2) is 53.9 Å². The van der Waals surface area contributed by atoms with Crippen LogP contribution in [0, 0.1) is 0 Å². The number of methoxy groups -OCH3 is 1. The number of hydrogen-bond donors (Lipinski definition) is 2. The Bertz CT molecular complexity index is 745. The second kappa shape index (κ2) is 9.07. The summed E-state index contributed by atoms with van der Waals surface area (Å²) < 4.78 is 10.6. The lowest BCUT2D eigenvalue weighted by molar-refractivity contribution is -0.929. The number of amides is 1. The highest BCUT2D eigenvalue weighted by molar-refractivity contribution is 5.85. The first-order chi connectivity index (χ1) is 12.8. The first-order valence-corrected chi connectivity index (χ1v) is 8.57. The lowest BCUT2D eigenvalue weighted by Crippen LogP contribution is -3.15. The van der Waals surface area contributed by atoms with Crippen LogP contribution in [0.1, 0.15) is 17.2 Å². The number of carbonyl (C=O) groups is 1. The van der Waals surface area contributed by atoms with E-state index in [0.29, 0.717) is 13.2 Å². The van der Waals surface area contributed by atoms with Crippen molar-refractivity contribution in [2.75, 3.05) is 33.4 Å². The minimum atomic E-state index is -0.343. The normalized spacial score (nSPS) is 16.3. The summed E-state index contributed by atoms with van der Waals surface area (Å²) in [6.45, 7) is 2.86. The van der Waals surface area contributed by atoms with Gasteiger partial charge < -0.3 is 14.4 Å². The van der Waals surface area contributed by atoms with Crippen molar-refractivity contribution in [2.24, 2.45) is 5.10 Å². The van der Waals surface area contributed by atoms with Gasteiger partial charge in [-0.1, -0.05) is 12.1 Å². The molecule has 3 rings (SSSR count). The highest BCUT2D eigenvalue weighted by Gasteiger charge is 2.32. The molecule has 0 spiro atoms. The van der Waals surface area contributed by atoms with Gasteiger partial charge in [-0.15, -0.1) is 0 Å². The fourth-order valence-electron chi connectivity index (χ4n) is 3.01. The number of quaternary nitrogens is 1. The molecule has 7 nitrogen and oxygen atoms in total. The molecule has 2 aromatic rings. The third-order valence-corrected chi connectivity index (χ3v) is 4.33. The maximum absolute atomic E-state index is 12.8. The molecule has 136 valence electrons. The molecule has 1 fully saturated rings. The summed E-state index contributed by atoms with van der Waals surface area (Å²) in [4.78, 5) is 18.0. The Morgan fingerprint density at radius 2 is 2.08 bits per heavy atom. The lowest BCUT2D eigenvalue weighted by Gasteiger charge is -2.30. The van der Waals surface area contributed by atoms with E-state index in [-0.39, 0.29) is 11.9 Å². The molecule has 1 amide bonds. The predicted octanol–water partition coefficient (Wildman–Crippen LogP) is 0.197. The number of rotatable bonds is 6. The number of hydrazone groups is 1. The van der Waals surface area contributed by atoms with E-state index in [0.717, 1.165) is 34.9 Å². The van der Waals surface area contributed by atoms with E-state index in [2.05, 4.69) is 15.5 Å². The van der Waals surface area contributed by atoms with Crippen LogP contribution in [0.4, 0.5) is 0 Å². The Balaban J connectivity index is 1.71. The van der Waals surface area contributed by atoms with Crippen LogP contribution in [-0.4, -0.2) is 50.5 Å². The molecule has 0 bridgehead atoms. The number of aromatic nitrogens is 1. The molecule has 1 saturated heterocycles. The minimum Gasteiger partial charge on any atom is -0.497 e. The van der Waals surface area contributed by atoms with Crippen LogP contribution in [0.25, 0.3) is 0 Å².